The highest BCUT2D eigenvalue weighted by atomic mass is 32.1. The van der Waals surface area contributed by atoms with Crippen LogP contribution in [-0.2, 0) is 16.1 Å². The van der Waals surface area contributed by atoms with Gasteiger partial charge in [-0.2, -0.15) is 5.10 Å². The van der Waals surface area contributed by atoms with E-state index in [2.05, 4.69) is 15.4 Å². The monoisotopic (exact) mass is 422 g/mol. The normalized spacial score (nSPS) is 10.7. The Morgan fingerprint density at radius 2 is 2.13 bits per heavy atom. The van der Waals surface area contributed by atoms with E-state index in [0.29, 0.717) is 18.0 Å². The zero-order valence-corrected chi connectivity index (χ0v) is 16.9. The fraction of sp³-hybridized carbons (Fsp3) is 0.143. The molecule has 0 aliphatic carbocycles. The lowest BCUT2D eigenvalue weighted by atomic mass is 10.1. The smallest absolute Gasteiger partial charge is 0.374 e. The molecule has 0 atom stereocenters. The molecule has 0 aliphatic heterocycles. The van der Waals surface area contributed by atoms with Gasteiger partial charge in [0.2, 0.25) is 5.76 Å². The van der Waals surface area contributed by atoms with Crippen molar-refractivity contribution in [3.63, 3.8) is 0 Å². The number of nitrogens with zero attached hydrogens (tertiary/aromatic N) is 3. The Balaban J connectivity index is 1.30. The summed E-state index contributed by atoms with van der Waals surface area (Å²) in [5, 5.41) is 9.72. The third-order valence-corrected chi connectivity index (χ3v) is 4.91. The van der Waals surface area contributed by atoms with Gasteiger partial charge in [0.25, 0.3) is 5.91 Å². The molecule has 30 heavy (non-hydrogen) atoms. The molecule has 9 heteroatoms. The van der Waals surface area contributed by atoms with Gasteiger partial charge in [-0.3, -0.25) is 9.48 Å². The number of hydrogen-bond acceptors (Lipinski definition) is 7. The van der Waals surface area contributed by atoms with Crippen LogP contribution in [-0.4, -0.2) is 33.2 Å². The van der Waals surface area contributed by atoms with E-state index in [9.17, 15) is 9.59 Å². The lowest BCUT2D eigenvalue weighted by Gasteiger charge is -2.07. The van der Waals surface area contributed by atoms with Crippen molar-refractivity contribution >= 4 is 28.9 Å². The van der Waals surface area contributed by atoms with Crippen molar-refractivity contribution in [2.45, 2.75) is 13.5 Å². The lowest BCUT2D eigenvalue weighted by Crippen LogP contribution is -2.20. The number of aromatic nitrogens is 3. The number of carbonyl (C=O) groups excluding carboxylic acids is 2. The number of hydrogen-bond donors (Lipinski definition) is 1. The Hall–Kier alpha value is -3.72. The number of furan rings is 1. The highest BCUT2D eigenvalue weighted by molar-refractivity contribution is 7.09. The number of ether oxygens (including phenoxy) is 1. The molecule has 1 N–H and O–H groups in total. The Bertz CT molecular complexity index is 1160. The van der Waals surface area contributed by atoms with E-state index in [1.165, 1.54) is 6.07 Å². The van der Waals surface area contributed by atoms with Crippen molar-refractivity contribution in [1.82, 2.24) is 14.8 Å². The lowest BCUT2D eigenvalue weighted by molar-refractivity contribution is -0.119. The first-order valence-electron chi connectivity index (χ1n) is 9.12. The summed E-state index contributed by atoms with van der Waals surface area (Å²) in [7, 11) is 0. The molecule has 0 fully saturated rings. The molecule has 0 bridgehead atoms. The summed E-state index contributed by atoms with van der Waals surface area (Å²) in [6, 6.07) is 12.3. The second kappa shape index (κ2) is 8.75. The molecule has 4 aromatic rings. The van der Waals surface area contributed by atoms with Crippen LogP contribution in [0.25, 0.3) is 11.3 Å². The summed E-state index contributed by atoms with van der Waals surface area (Å²) in [5.74, 6) is -0.558. The van der Waals surface area contributed by atoms with E-state index in [-0.39, 0.29) is 5.76 Å². The Labute approximate surface area is 176 Å². The number of esters is 1. The number of nitrogens with one attached hydrogen (secondary N) is 1. The van der Waals surface area contributed by atoms with E-state index in [0.717, 1.165) is 16.3 Å². The number of thiazole rings is 1. The van der Waals surface area contributed by atoms with Crippen molar-refractivity contribution in [2.75, 3.05) is 11.9 Å². The summed E-state index contributed by atoms with van der Waals surface area (Å²) in [6.07, 6.45) is 3.44. The van der Waals surface area contributed by atoms with Crippen LogP contribution < -0.4 is 5.32 Å². The molecular formula is C21H18N4O4S. The van der Waals surface area contributed by atoms with Crippen LogP contribution in [0.5, 0.6) is 0 Å². The van der Waals surface area contributed by atoms with Crippen LogP contribution in [0.1, 0.15) is 21.3 Å². The van der Waals surface area contributed by atoms with Crippen molar-refractivity contribution in [2.24, 2.45) is 0 Å². The van der Waals surface area contributed by atoms with Gasteiger partial charge < -0.3 is 14.5 Å². The van der Waals surface area contributed by atoms with E-state index < -0.39 is 18.5 Å². The zero-order valence-electron chi connectivity index (χ0n) is 16.1. The second-order valence-electron chi connectivity index (χ2n) is 6.43. The molecule has 1 aromatic carbocycles. The van der Waals surface area contributed by atoms with Gasteiger partial charge in [-0.15, -0.1) is 11.3 Å². The maximum Gasteiger partial charge on any atom is 0.374 e. The van der Waals surface area contributed by atoms with Crippen molar-refractivity contribution in [1.29, 1.82) is 0 Å². The SMILES string of the molecule is Cc1nc(-c2cccc(NC(=O)COC(=O)c3ccc(Cn4cccn4)o3)c2)cs1. The third kappa shape index (κ3) is 4.81. The maximum absolute atomic E-state index is 12.2. The summed E-state index contributed by atoms with van der Waals surface area (Å²) in [5.41, 5.74) is 2.34. The molecule has 3 heterocycles. The van der Waals surface area contributed by atoms with Gasteiger partial charge in [0, 0.05) is 29.0 Å². The van der Waals surface area contributed by atoms with Crippen molar-refractivity contribution in [3.8, 4) is 11.3 Å². The van der Waals surface area contributed by atoms with Gasteiger partial charge in [-0.05, 0) is 37.3 Å². The third-order valence-electron chi connectivity index (χ3n) is 4.14. The fourth-order valence-electron chi connectivity index (χ4n) is 2.78. The minimum atomic E-state index is -0.705. The van der Waals surface area contributed by atoms with Crippen molar-refractivity contribution < 1.29 is 18.7 Å². The zero-order chi connectivity index (χ0) is 20.9. The molecule has 0 saturated heterocycles. The largest absolute Gasteiger partial charge is 0.452 e. The predicted molar refractivity (Wildman–Crippen MR) is 111 cm³/mol. The van der Waals surface area contributed by atoms with Crippen molar-refractivity contribution in [3.05, 3.63) is 76.8 Å². The molecular weight excluding hydrogens is 404 g/mol. The molecule has 3 aromatic heterocycles. The van der Waals surface area contributed by atoms with Crippen LogP contribution in [0.3, 0.4) is 0 Å². The molecule has 8 nitrogen and oxygen atoms in total. The van der Waals surface area contributed by atoms with Crippen LogP contribution in [0.2, 0.25) is 0 Å². The molecule has 0 aliphatic rings. The van der Waals surface area contributed by atoms with Gasteiger partial charge in [0.1, 0.15) is 5.76 Å². The first-order valence-corrected chi connectivity index (χ1v) is 10.0. The first-order chi connectivity index (χ1) is 14.6. The van der Waals surface area contributed by atoms with E-state index in [1.54, 1.807) is 46.6 Å². The molecule has 4 rings (SSSR count). The van der Waals surface area contributed by atoms with Gasteiger partial charge >= 0.3 is 5.97 Å². The molecule has 0 unspecified atom stereocenters. The number of amides is 1. The van der Waals surface area contributed by atoms with Crippen LogP contribution in [0, 0.1) is 6.92 Å². The number of rotatable bonds is 7. The average molecular weight is 422 g/mol. The Kier molecular flexibility index (Phi) is 5.71. The summed E-state index contributed by atoms with van der Waals surface area (Å²) in [4.78, 5) is 28.7. The van der Waals surface area contributed by atoms with Gasteiger partial charge in [-0.1, -0.05) is 12.1 Å². The molecule has 0 saturated carbocycles. The minimum Gasteiger partial charge on any atom is -0.452 e. The number of anilines is 1. The molecule has 0 spiro atoms. The van der Waals surface area contributed by atoms with E-state index >= 15 is 0 Å². The van der Waals surface area contributed by atoms with Crippen LogP contribution in [0.4, 0.5) is 5.69 Å². The summed E-state index contributed by atoms with van der Waals surface area (Å²) >= 11 is 1.56. The standard InChI is InChI=1S/C21H18N4O4S/c1-14-23-18(13-30-14)15-4-2-5-16(10-15)24-20(26)12-28-21(27)19-7-6-17(29-19)11-25-9-3-8-22-25/h2-10,13H,11-12H2,1H3,(H,24,26). The average Bonchev–Trinajstić information content (AvgIpc) is 3.49. The van der Waals surface area contributed by atoms with Gasteiger partial charge in [-0.25, -0.2) is 9.78 Å². The second-order valence-corrected chi connectivity index (χ2v) is 7.49. The molecule has 0 radical (unpaired) electrons. The predicted octanol–water partition coefficient (Wildman–Crippen LogP) is 3.75. The van der Waals surface area contributed by atoms with Gasteiger partial charge in [0.05, 0.1) is 17.2 Å². The quantitative estimate of drug-likeness (QED) is 0.456. The van der Waals surface area contributed by atoms with Crippen LogP contribution >= 0.6 is 11.3 Å². The Morgan fingerprint density at radius 3 is 2.90 bits per heavy atom. The summed E-state index contributed by atoms with van der Waals surface area (Å²) in [6.45, 7) is 1.91. The Morgan fingerprint density at radius 1 is 1.23 bits per heavy atom. The molecule has 152 valence electrons. The first kappa shape index (κ1) is 19.6. The molecule has 1 amide bonds. The fourth-order valence-corrected chi connectivity index (χ4v) is 3.40. The number of benzene rings is 1. The van der Waals surface area contributed by atoms with Crippen LogP contribution in [0.15, 0.2) is 64.7 Å². The number of carbonyl (C=O) groups is 2. The highest BCUT2D eigenvalue weighted by Crippen LogP contribution is 2.24. The van der Waals surface area contributed by atoms with Gasteiger partial charge in [0.15, 0.2) is 6.61 Å². The van der Waals surface area contributed by atoms with E-state index in [1.807, 2.05) is 30.5 Å². The summed E-state index contributed by atoms with van der Waals surface area (Å²) < 4.78 is 12.2. The number of aryl methyl sites for hydroxylation is 1. The maximum atomic E-state index is 12.2. The van der Waals surface area contributed by atoms with E-state index in [4.69, 9.17) is 9.15 Å². The minimum absolute atomic E-state index is 0.0332. The highest BCUT2D eigenvalue weighted by Gasteiger charge is 2.15. The topological polar surface area (TPSA) is 99.2 Å².